The summed E-state index contributed by atoms with van der Waals surface area (Å²) < 4.78 is 6.70. The third-order valence-corrected chi connectivity index (χ3v) is 4.08. The van der Waals surface area contributed by atoms with Crippen LogP contribution < -0.4 is 0 Å². The molecule has 0 amide bonds. The quantitative estimate of drug-likeness (QED) is 0.547. The second-order valence-corrected chi connectivity index (χ2v) is 5.66. The van der Waals surface area contributed by atoms with E-state index in [1.165, 1.54) is 18.9 Å². The minimum atomic E-state index is -0.327. The van der Waals surface area contributed by atoms with E-state index in [4.69, 9.17) is 4.74 Å². The summed E-state index contributed by atoms with van der Waals surface area (Å²) in [7, 11) is 1.39. The zero-order valence-electron chi connectivity index (χ0n) is 11.1. The van der Waals surface area contributed by atoms with Gasteiger partial charge < -0.3 is 4.74 Å². The molecule has 1 aromatic carbocycles. The minimum Gasteiger partial charge on any atom is -0.468 e. The fourth-order valence-corrected chi connectivity index (χ4v) is 2.95. The highest BCUT2D eigenvalue weighted by molar-refractivity contribution is 8.00. The number of fused-ring (bicyclic) bond motifs is 3. The maximum absolute atomic E-state index is 11.5. The van der Waals surface area contributed by atoms with Crippen LogP contribution in [0.4, 0.5) is 0 Å². The van der Waals surface area contributed by atoms with Crippen molar-refractivity contribution >= 4 is 34.3 Å². The number of para-hydroxylation sites is 1. The molecule has 1 atom stereocenters. The van der Waals surface area contributed by atoms with E-state index in [1.807, 2.05) is 40.8 Å². The molecule has 0 bridgehead atoms. The first-order chi connectivity index (χ1) is 9.70. The van der Waals surface area contributed by atoms with E-state index in [9.17, 15) is 4.79 Å². The topological polar surface area (TPSA) is 56.5 Å². The Morgan fingerprint density at radius 3 is 2.85 bits per heavy atom. The van der Waals surface area contributed by atoms with Gasteiger partial charge in [-0.25, -0.2) is 0 Å². The highest BCUT2D eigenvalue weighted by Gasteiger charge is 2.19. The molecule has 102 valence electrons. The predicted octanol–water partition coefficient (Wildman–Crippen LogP) is 2.54. The Bertz CT molecular complexity index is 784. The van der Waals surface area contributed by atoms with Gasteiger partial charge in [0.05, 0.1) is 12.6 Å². The molecular weight excluding hydrogens is 274 g/mol. The van der Waals surface area contributed by atoms with Crippen LogP contribution in [-0.4, -0.2) is 32.9 Å². The van der Waals surface area contributed by atoms with Gasteiger partial charge >= 0.3 is 5.97 Å². The Morgan fingerprint density at radius 2 is 2.05 bits per heavy atom. The molecule has 3 aromatic rings. The Balaban J connectivity index is 2.12. The number of methoxy groups -OCH3 is 1. The van der Waals surface area contributed by atoms with Crippen molar-refractivity contribution in [2.75, 3.05) is 7.11 Å². The lowest BCUT2D eigenvalue weighted by molar-refractivity contribution is -0.139. The Hall–Kier alpha value is -2.08. The summed E-state index contributed by atoms with van der Waals surface area (Å²) >= 11 is 1.34. The third kappa shape index (κ3) is 2.12. The van der Waals surface area contributed by atoms with Crippen molar-refractivity contribution in [3.63, 3.8) is 0 Å². The summed E-state index contributed by atoms with van der Waals surface area (Å²) in [5.74, 6) is -0.271. The van der Waals surface area contributed by atoms with Crippen LogP contribution in [0.2, 0.25) is 0 Å². The van der Waals surface area contributed by atoms with Crippen LogP contribution in [-0.2, 0) is 9.53 Å². The Morgan fingerprint density at radius 1 is 1.25 bits per heavy atom. The molecule has 0 saturated carbocycles. The van der Waals surface area contributed by atoms with Gasteiger partial charge in [0.25, 0.3) is 0 Å². The lowest BCUT2D eigenvalue weighted by Gasteiger charge is -2.08. The number of carbonyl (C=O) groups is 1. The van der Waals surface area contributed by atoms with Gasteiger partial charge in [-0.05, 0) is 30.5 Å². The van der Waals surface area contributed by atoms with Crippen molar-refractivity contribution in [2.24, 2.45) is 0 Å². The van der Waals surface area contributed by atoms with E-state index < -0.39 is 0 Å². The van der Waals surface area contributed by atoms with E-state index >= 15 is 0 Å². The lowest BCUT2D eigenvalue weighted by atomic mass is 10.2. The first-order valence-corrected chi connectivity index (χ1v) is 7.06. The first kappa shape index (κ1) is 12.9. The van der Waals surface area contributed by atoms with E-state index in [0.29, 0.717) is 5.16 Å². The molecule has 2 heterocycles. The van der Waals surface area contributed by atoms with Gasteiger partial charge in [0, 0.05) is 0 Å². The van der Waals surface area contributed by atoms with Gasteiger partial charge in [0.15, 0.2) is 10.8 Å². The summed E-state index contributed by atoms with van der Waals surface area (Å²) in [5.41, 5.74) is 1.79. The van der Waals surface area contributed by atoms with Gasteiger partial charge in [0.1, 0.15) is 5.25 Å². The fourth-order valence-electron chi connectivity index (χ4n) is 2.06. The molecule has 20 heavy (non-hydrogen) atoms. The smallest absolute Gasteiger partial charge is 0.318 e. The first-order valence-electron chi connectivity index (χ1n) is 6.18. The van der Waals surface area contributed by atoms with Crippen LogP contribution in [0.1, 0.15) is 6.92 Å². The van der Waals surface area contributed by atoms with Crippen LogP contribution >= 0.6 is 11.8 Å². The molecule has 0 spiro atoms. The van der Waals surface area contributed by atoms with E-state index in [2.05, 4.69) is 10.2 Å². The van der Waals surface area contributed by atoms with Gasteiger partial charge in [-0.3, -0.25) is 9.20 Å². The van der Waals surface area contributed by atoms with Crippen LogP contribution in [0.15, 0.2) is 41.6 Å². The molecule has 0 N–H and O–H groups in total. The maximum Gasteiger partial charge on any atom is 0.318 e. The zero-order chi connectivity index (χ0) is 14.1. The minimum absolute atomic E-state index is 0.271. The van der Waals surface area contributed by atoms with Crippen molar-refractivity contribution in [3.05, 3.63) is 36.4 Å². The molecule has 2 aromatic heterocycles. The summed E-state index contributed by atoms with van der Waals surface area (Å²) in [6.07, 6.45) is 0. The van der Waals surface area contributed by atoms with Gasteiger partial charge in [-0.15, -0.1) is 10.2 Å². The molecule has 0 fully saturated rings. The normalized spacial score (nSPS) is 12.7. The third-order valence-electron chi connectivity index (χ3n) is 3.06. The number of hydrogen-bond acceptors (Lipinski definition) is 5. The number of benzene rings is 1. The highest BCUT2D eigenvalue weighted by atomic mass is 32.2. The molecule has 0 saturated heterocycles. The zero-order valence-corrected chi connectivity index (χ0v) is 11.9. The van der Waals surface area contributed by atoms with Crippen molar-refractivity contribution in [1.82, 2.24) is 14.6 Å². The highest BCUT2D eigenvalue weighted by Crippen LogP contribution is 2.26. The Kier molecular flexibility index (Phi) is 3.31. The number of hydrogen-bond donors (Lipinski definition) is 0. The molecule has 0 radical (unpaired) electrons. The monoisotopic (exact) mass is 287 g/mol. The van der Waals surface area contributed by atoms with Crippen LogP contribution in [0.3, 0.4) is 0 Å². The molecule has 0 aliphatic carbocycles. The number of esters is 1. The molecule has 3 rings (SSSR count). The van der Waals surface area contributed by atoms with Crippen LogP contribution in [0.25, 0.3) is 16.6 Å². The standard InChI is InChI=1S/C14H13N3O2S/c1-9(13(18)19-2)20-14-16-15-12-8-7-10-5-3-4-6-11(10)17(12)14/h3-9H,1-2H3/t9-/m0/s1. The largest absolute Gasteiger partial charge is 0.468 e. The van der Waals surface area contributed by atoms with Gasteiger partial charge in [0.2, 0.25) is 0 Å². The SMILES string of the molecule is COC(=O)[C@H](C)Sc1nnc2ccc3ccccc3n12. The Labute approximate surface area is 119 Å². The molecule has 0 unspecified atom stereocenters. The van der Waals surface area contributed by atoms with Crippen molar-refractivity contribution < 1.29 is 9.53 Å². The number of rotatable bonds is 3. The second kappa shape index (κ2) is 5.13. The van der Waals surface area contributed by atoms with E-state index in [-0.39, 0.29) is 11.2 Å². The second-order valence-electron chi connectivity index (χ2n) is 4.35. The van der Waals surface area contributed by atoms with E-state index in [1.54, 1.807) is 6.92 Å². The number of pyridine rings is 1. The van der Waals surface area contributed by atoms with Crippen molar-refractivity contribution in [1.29, 1.82) is 0 Å². The average Bonchev–Trinajstić information content (AvgIpc) is 2.89. The molecule has 5 nitrogen and oxygen atoms in total. The molecule has 6 heteroatoms. The lowest BCUT2D eigenvalue weighted by Crippen LogP contribution is -2.15. The van der Waals surface area contributed by atoms with E-state index in [0.717, 1.165) is 16.6 Å². The fraction of sp³-hybridized carbons (Fsp3) is 0.214. The molecule has 0 aliphatic rings. The summed E-state index contributed by atoms with van der Waals surface area (Å²) in [5, 5.41) is 9.78. The number of thioether (sulfide) groups is 1. The molecule has 0 aliphatic heterocycles. The average molecular weight is 287 g/mol. The van der Waals surface area contributed by atoms with Gasteiger partial charge in [-0.1, -0.05) is 30.0 Å². The predicted molar refractivity (Wildman–Crippen MR) is 77.8 cm³/mol. The van der Waals surface area contributed by atoms with Crippen molar-refractivity contribution in [2.45, 2.75) is 17.3 Å². The van der Waals surface area contributed by atoms with Crippen molar-refractivity contribution in [3.8, 4) is 0 Å². The maximum atomic E-state index is 11.5. The number of carbonyl (C=O) groups excluding carboxylic acids is 1. The van der Waals surface area contributed by atoms with Crippen LogP contribution in [0, 0.1) is 0 Å². The molecular formula is C14H13N3O2S. The van der Waals surface area contributed by atoms with Gasteiger partial charge in [-0.2, -0.15) is 0 Å². The summed E-state index contributed by atoms with van der Waals surface area (Å²) in [4.78, 5) is 11.5. The summed E-state index contributed by atoms with van der Waals surface area (Å²) in [6, 6.07) is 11.9. The number of ether oxygens (including phenoxy) is 1. The summed E-state index contributed by atoms with van der Waals surface area (Å²) in [6.45, 7) is 1.79. The van der Waals surface area contributed by atoms with Crippen LogP contribution in [0.5, 0.6) is 0 Å². The number of aromatic nitrogens is 3. The number of nitrogens with zero attached hydrogens (tertiary/aromatic N) is 3.